The Hall–Kier alpha value is -1.09. The highest BCUT2D eigenvalue weighted by Crippen LogP contribution is 2.18. The Labute approximate surface area is 92.3 Å². The first-order chi connectivity index (χ1) is 7.19. The van der Waals surface area contributed by atoms with Crippen molar-refractivity contribution < 1.29 is 0 Å². The fourth-order valence-electron chi connectivity index (χ4n) is 1.63. The molecule has 0 amide bonds. The third-order valence-corrected chi connectivity index (χ3v) is 2.80. The first-order valence-corrected chi connectivity index (χ1v) is 5.53. The molecule has 0 spiro atoms. The first kappa shape index (κ1) is 12.0. The standard InChI is InChI=1S/C12H21N3/c1-4-10(2)9-15(3)12-8-14-6-5-11(12)7-13/h5-6,8,10H,4,7,9,13H2,1-3H3. The summed E-state index contributed by atoms with van der Waals surface area (Å²) in [6, 6.07) is 1.99. The van der Waals surface area contributed by atoms with Crippen LogP contribution in [0.4, 0.5) is 5.69 Å². The normalized spacial score (nSPS) is 12.5. The largest absolute Gasteiger partial charge is 0.373 e. The van der Waals surface area contributed by atoms with Crippen LogP contribution in [-0.4, -0.2) is 18.6 Å². The van der Waals surface area contributed by atoms with Crippen molar-refractivity contribution in [1.82, 2.24) is 4.98 Å². The molecule has 1 aromatic rings. The molecule has 0 saturated carbocycles. The van der Waals surface area contributed by atoms with E-state index in [0.717, 1.165) is 17.8 Å². The summed E-state index contributed by atoms with van der Waals surface area (Å²) < 4.78 is 0. The van der Waals surface area contributed by atoms with Crippen molar-refractivity contribution in [3.05, 3.63) is 24.0 Å². The van der Waals surface area contributed by atoms with Crippen LogP contribution in [0.15, 0.2) is 18.5 Å². The highest BCUT2D eigenvalue weighted by Gasteiger charge is 2.08. The van der Waals surface area contributed by atoms with Crippen LogP contribution in [0.25, 0.3) is 0 Å². The highest BCUT2D eigenvalue weighted by atomic mass is 15.1. The third-order valence-electron chi connectivity index (χ3n) is 2.80. The van der Waals surface area contributed by atoms with Gasteiger partial charge in [0, 0.05) is 26.3 Å². The van der Waals surface area contributed by atoms with Crippen LogP contribution < -0.4 is 10.6 Å². The molecule has 0 aliphatic carbocycles. The molecule has 84 valence electrons. The van der Waals surface area contributed by atoms with Crippen molar-refractivity contribution in [2.24, 2.45) is 11.7 Å². The van der Waals surface area contributed by atoms with E-state index in [2.05, 4.69) is 30.8 Å². The number of nitrogens with two attached hydrogens (primary N) is 1. The topological polar surface area (TPSA) is 42.2 Å². The van der Waals surface area contributed by atoms with Crippen molar-refractivity contribution >= 4 is 5.69 Å². The molecule has 1 aromatic heterocycles. The molecule has 3 heteroatoms. The smallest absolute Gasteiger partial charge is 0.0595 e. The Morgan fingerprint density at radius 1 is 1.53 bits per heavy atom. The molecule has 2 N–H and O–H groups in total. The molecule has 1 rings (SSSR count). The third kappa shape index (κ3) is 3.20. The second kappa shape index (κ2) is 5.71. The maximum absolute atomic E-state index is 5.70. The minimum Gasteiger partial charge on any atom is -0.373 e. The van der Waals surface area contributed by atoms with Gasteiger partial charge in [0.15, 0.2) is 0 Å². The molecular formula is C12H21N3. The Morgan fingerprint density at radius 2 is 2.27 bits per heavy atom. The quantitative estimate of drug-likeness (QED) is 0.803. The molecule has 0 aliphatic rings. The summed E-state index contributed by atoms with van der Waals surface area (Å²) in [6.45, 7) is 6.10. The summed E-state index contributed by atoms with van der Waals surface area (Å²) in [4.78, 5) is 6.39. The van der Waals surface area contributed by atoms with Gasteiger partial charge in [0.05, 0.1) is 11.9 Å². The van der Waals surface area contributed by atoms with Crippen molar-refractivity contribution in [2.75, 3.05) is 18.5 Å². The molecule has 0 saturated heterocycles. The lowest BCUT2D eigenvalue weighted by Crippen LogP contribution is -2.25. The zero-order valence-corrected chi connectivity index (χ0v) is 9.90. The van der Waals surface area contributed by atoms with Crippen molar-refractivity contribution in [3.8, 4) is 0 Å². The molecule has 15 heavy (non-hydrogen) atoms. The number of anilines is 1. The number of hydrogen-bond acceptors (Lipinski definition) is 3. The molecule has 0 aromatic carbocycles. The van der Waals surface area contributed by atoms with Crippen LogP contribution in [0, 0.1) is 5.92 Å². The molecule has 1 atom stereocenters. The van der Waals surface area contributed by atoms with Gasteiger partial charge in [-0.3, -0.25) is 4.98 Å². The lowest BCUT2D eigenvalue weighted by atomic mass is 10.1. The van der Waals surface area contributed by atoms with E-state index in [9.17, 15) is 0 Å². The fraction of sp³-hybridized carbons (Fsp3) is 0.583. The van der Waals surface area contributed by atoms with Gasteiger partial charge in [-0.15, -0.1) is 0 Å². The Morgan fingerprint density at radius 3 is 2.87 bits per heavy atom. The van der Waals surface area contributed by atoms with E-state index in [-0.39, 0.29) is 0 Å². The van der Waals surface area contributed by atoms with Gasteiger partial charge in [-0.05, 0) is 17.5 Å². The van der Waals surface area contributed by atoms with Crippen LogP contribution in [0.3, 0.4) is 0 Å². The van der Waals surface area contributed by atoms with Crippen LogP contribution in [0.2, 0.25) is 0 Å². The van der Waals surface area contributed by atoms with E-state index in [0.29, 0.717) is 12.5 Å². The molecule has 0 fully saturated rings. The van der Waals surface area contributed by atoms with Gasteiger partial charge in [-0.25, -0.2) is 0 Å². The Kier molecular flexibility index (Phi) is 4.56. The van der Waals surface area contributed by atoms with Gasteiger partial charge in [0.1, 0.15) is 0 Å². The maximum Gasteiger partial charge on any atom is 0.0595 e. The Balaban J connectivity index is 2.76. The van der Waals surface area contributed by atoms with Gasteiger partial charge in [-0.1, -0.05) is 20.3 Å². The van der Waals surface area contributed by atoms with Crippen LogP contribution in [-0.2, 0) is 6.54 Å². The predicted molar refractivity (Wildman–Crippen MR) is 64.9 cm³/mol. The maximum atomic E-state index is 5.70. The van der Waals surface area contributed by atoms with Crippen LogP contribution in [0.1, 0.15) is 25.8 Å². The molecule has 0 aliphatic heterocycles. The summed E-state index contributed by atoms with van der Waals surface area (Å²) in [7, 11) is 2.10. The van der Waals surface area contributed by atoms with E-state index in [1.807, 2.05) is 12.3 Å². The number of aromatic nitrogens is 1. The average Bonchev–Trinajstić information content (AvgIpc) is 2.28. The molecule has 0 radical (unpaired) electrons. The van der Waals surface area contributed by atoms with E-state index in [1.54, 1.807) is 6.20 Å². The monoisotopic (exact) mass is 207 g/mol. The second-order valence-electron chi connectivity index (χ2n) is 4.10. The molecular weight excluding hydrogens is 186 g/mol. The lowest BCUT2D eigenvalue weighted by molar-refractivity contribution is 0.559. The Bertz CT molecular complexity index is 299. The minimum atomic E-state index is 0.572. The van der Waals surface area contributed by atoms with Crippen LogP contribution in [0.5, 0.6) is 0 Å². The lowest BCUT2D eigenvalue weighted by Gasteiger charge is -2.24. The van der Waals surface area contributed by atoms with E-state index in [1.165, 1.54) is 6.42 Å². The summed E-state index contributed by atoms with van der Waals surface area (Å²) in [5.41, 5.74) is 8.01. The van der Waals surface area contributed by atoms with Crippen molar-refractivity contribution in [2.45, 2.75) is 26.8 Å². The van der Waals surface area contributed by atoms with Crippen molar-refractivity contribution in [3.63, 3.8) is 0 Å². The van der Waals surface area contributed by atoms with Gasteiger partial charge in [0.2, 0.25) is 0 Å². The SMILES string of the molecule is CCC(C)CN(C)c1cnccc1CN. The average molecular weight is 207 g/mol. The summed E-state index contributed by atoms with van der Waals surface area (Å²) in [5.74, 6) is 0.695. The fourth-order valence-corrected chi connectivity index (χ4v) is 1.63. The van der Waals surface area contributed by atoms with Gasteiger partial charge in [-0.2, -0.15) is 0 Å². The predicted octanol–water partition coefficient (Wildman–Crippen LogP) is 2.02. The van der Waals surface area contributed by atoms with Gasteiger partial charge >= 0.3 is 0 Å². The first-order valence-electron chi connectivity index (χ1n) is 5.53. The molecule has 0 bridgehead atoms. The van der Waals surface area contributed by atoms with Crippen molar-refractivity contribution in [1.29, 1.82) is 0 Å². The van der Waals surface area contributed by atoms with Crippen LogP contribution >= 0.6 is 0 Å². The van der Waals surface area contributed by atoms with Gasteiger partial charge in [0.25, 0.3) is 0 Å². The van der Waals surface area contributed by atoms with E-state index in [4.69, 9.17) is 5.73 Å². The number of nitrogens with zero attached hydrogens (tertiary/aromatic N) is 2. The molecule has 1 unspecified atom stereocenters. The zero-order valence-electron chi connectivity index (χ0n) is 9.90. The number of hydrogen-bond donors (Lipinski definition) is 1. The van der Waals surface area contributed by atoms with E-state index < -0.39 is 0 Å². The molecule has 3 nitrogen and oxygen atoms in total. The number of pyridine rings is 1. The zero-order chi connectivity index (χ0) is 11.3. The number of rotatable bonds is 5. The summed E-state index contributed by atoms with van der Waals surface area (Å²) in [5, 5.41) is 0. The minimum absolute atomic E-state index is 0.572. The summed E-state index contributed by atoms with van der Waals surface area (Å²) >= 11 is 0. The summed E-state index contributed by atoms with van der Waals surface area (Å²) in [6.07, 6.45) is 4.88. The molecule has 1 heterocycles. The second-order valence-corrected chi connectivity index (χ2v) is 4.10. The van der Waals surface area contributed by atoms with Gasteiger partial charge < -0.3 is 10.6 Å². The van der Waals surface area contributed by atoms with E-state index >= 15 is 0 Å². The highest BCUT2D eigenvalue weighted by molar-refractivity contribution is 5.50.